The number of esters is 1. The van der Waals surface area contributed by atoms with Crippen LogP contribution in [0.3, 0.4) is 0 Å². The Bertz CT molecular complexity index is 821. The molecular formula is C14H11ClN2O4S. The molecule has 0 aliphatic carbocycles. The van der Waals surface area contributed by atoms with Crippen molar-refractivity contribution in [3.05, 3.63) is 44.8 Å². The van der Waals surface area contributed by atoms with E-state index < -0.39 is 5.97 Å². The van der Waals surface area contributed by atoms with Crippen LogP contribution in [0, 0.1) is 13.8 Å². The first kappa shape index (κ1) is 14.8. The summed E-state index contributed by atoms with van der Waals surface area (Å²) < 4.78 is 16.5. The smallest absolute Gasteiger partial charge is 0.348 e. The Morgan fingerprint density at radius 1 is 1.32 bits per heavy atom. The molecule has 22 heavy (non-hydrogen) atoms. The first-order chi connectivity index (χ1) is 10.5. The highest BCUT2D eigenvalue weighted by molar-refractivity contribution is 7.17. The lowest BCUT2D eigenvalue weighted by Crippen LogP contribution is -2.03. The second-order valence-electron chi connectivity index (χ2n) is 4.51. The summed E-state index contributed by atoms with van der Waals surface area (Å²) >= 11 is 6.92. The van der Waals surface area contributed by atoms with Gasteiger partial charge in [0.25, 0.3) is 11.8 Å². The number of aryl methyl sites for hydroxylation is 2. The molecule has 3 aromatic heterocycles. The van der Waals surface area contributed by atoms with Crippen LogP contribution in [0.15, 0.2) is 27.0 Å². The average Bonchev–Trinajstić information content (AvgIpc) is 3.16. The summed E-state index contributed by atoms with van der Waals surface area (Å²) in [6.45, 7) is 3.55. The Morgan fingerprint density at radius 2 is 2.14 bits per heavy atom. The Morgan fingerprint density at radius 3 is 2.77 bits per heavy atom. The molecule has 0 aliphatic rings. The van der Waals surface area contributed by atoms with E-state index in [2.05, 4.69) is 10.2 Å². The van der Waals surface area contributed by atoms with Crippen LogP contribution in [0.25, 0.3) is 11.5 Å². The van der Waals surface area contributed by atoms with Crippen LogP contribution >= 0.6 is 22.9 Å². The predicted octanol–water partition coefficient (Wildman–Crippen LogP) is 4.02. The van der Waals surface area contributed by atoms with Gasteiger partial charge < -0.3 is 13.6 Å². The highest BCUT2D eigenvalue weighted by Gasteiger charge is 2.16. The first-order valence-electron chi connectivity index (χ1n) is 6.35. The summed E-state index contributed by atoms with van der Waals surface area (Å²) in [5, 5.41) is 7.78. The third kappa shape index (κ3) is 3.05. The minimum Gasteiger partial charge on any atom is -0.466 e. The Kier molecular flexibility index (Phi) is 4.00. The Hall–Kier alpha value is -2.12. The lowest BCUT2D eigenvalue weighted by atomic mass is 10.2. The van der Waals surface area contributed by atoms with Crippen molar-refractivity contribution in [2.75, 3.05) is 0 Å². The number of hydrogen-bond donors (Lipinski definition) is 0. The summed E-state index contributed by atoms with van der Waals surface area (Å²) in [5.41, 5.74) is 0.729. The largest absolute Gasteiger partial charge is 0.466 e. The van der Waals surface area contributed by atoms with Gasteiger partial charge in [-0.3, -0.25) is 0 Å². The maximum atomic E-state index is 11.8. The number of aromatic nitrogens is 2. The van der Waals surface area contributed by atoms with Crippen LogP contribution in [-0.4, -0.2) is 16.2 Å². The molecule has 8 heteroatoms. The van der Waals surface area contributed by atoms with Gasteiger partial charge in [0.05, 0.1) is 9.90 Å². The van der Waals surface area contributed by atoms with Gasteiger partial charge in [0.15, 0.2) is 6.61 Å². The lowest BCUT2D eigenvalue weighted by Gasteiger charge is -1.98. The molecule has 0 saturated heterocycles. The molecule has 0 atom stereocenters. The molecule has 3 aromatic rings. The Balaban J connectivity index is 1.67. The van der Waals surface area contributed by atoms with Gasteiger partial charge in [-0.25, -0.2) is 4.79 Å². The van der Waals surface area contributed by atoms with Crippen molar-refractivity contribution in [2.45, 2.75) is 20.5 Å². The maximum absolute atomic E-state index is 11.8. The number of halogens is 1. The summed E-state index contributed by atoms with van der Waals surface area (Å²) in [5.74, 6) is 1.52. The number of hydrogen-bond acceptors (Lipinski definition) is 7. The summed E-state index contributed by atoms with van der Waals surface area (Å²) in [6, 6.07) is 5.05. The average molecular weight is 339 g/mol. The molecule has 0 bridgehead atoms. The number of thiophene rings is 1. The van der Waals surface area contributed by atoms with Gasteiger partial charge in [-0.15, -0.1) is 21.5 Å². The van der Waals surface area contributed by atoms with Gasteiger partial charge in [-0.2, -0.15) is 0 Å². The van der Waals surface area contributed by atoms with E-state index in [1.807, 2.05) is 19.9 Å². The van der Waals surface area contributed by atoms with Gasteiger partial charge in [-0.1, -0.05) is 11.6 Å². The van der Waals surface area contributed by atoms with Crippen LogP contribution < -0.4 is 0 Å². The number of nitrogens with zero attached hydrogens (tertiary/aromatic N) is 2. The summed E-state index contributed by atoms with van der Waals surface area (Å²) in [7, 11) is 0. The zero-order valence-electron chi connectivity index (χ0n) is 11.8. The highest BCUT2D eigenvalue weighted by atomic mass is 35.5. The van der Waals surface area contributed by atoms with Gasteiger partial charge in [0.2, 0.25) is 0 Å². The normalized spacial score (nSPS) is 10.9. The number of rotatable bonds is 4. The van der Waals surface area contributed by atoms with E-state index in [0.29, 0.717) is 20.9 Å². The standard InChI is InChI=1S/C14H11ClN2O4S/c1-7-5-9(8(2)20-7)13-17-16-12(21-13)6-19-14(18)10-3-4-11(15)22-10/h3-5H,6H2,1-2H3. The topological polar surface area (TPSA) is 78.4 Å². The second kappa shape index (κ2) is 5.94. The minimum absolute atomic E-state index is 0.1000. The molecule has 114 valence electrons. The van der Waals surface area contributed by atoms with Crippen LogP contribution in [-0.2, 0) is 11.3 Å². The lowest BCUT2D eigenvalue weighted by molar-refractivity contribution is 0.0444. The molecule has 0 unspecified atom stereocenters. The predicted molar refractivity (Wildman–Crippen MR) is 79.9 cm³/mol. The van der Waals surface area contributed by atoms with E-state index in [1.165, 1.54) is 0 Å². The number of ether oxygens (including phenoxy) is 1. The molecule has 0 fully saturated rings. The molecule has 0 radical (unpaired) electrons. The van der Waals surface area contributed by atoms with E-state index in [-0.39, 0.29) is 12.5 Å². The van der Waals surface area contributed by atoms with Crippen LogP contribution in [0.1, 0.15) is 27.1 Å². The van der Waals surface area contributed by atoms with Gasteiger partial charge >= 0.3 is 5.97 Å². The van der Waals surface area contributed by atoms with E-state index in [4.69, 9.17) is 25.2 Å². The third-order valence-corrected chi connectivity index (χ3v) is 4.05. The zero-order valence-corrected chi connectivity index (χ0v) is 13.3. The van der Waals surface area contributed by atoms with Gasteiger partial charge in [-0.05, 0) is 32.0 Å². The summed E-state index contributed by atoms with van der Waals surface area (Å²) in [4.78, 5) is 12.2. The van der Waals surface area contributed by atoms with Crippen LogP contribution in [0.4, 0.5) is 0 Å². The monoisotopic (exact) mass is 338 g/mol. The van der Waals surface area contributed by atoms with Crippen molar-refractivity contribution >= 4 is 28.9 Å². The fraction of sp³-hybridized carbons (Fsp3) is 0.214. The third-order valence-electron chi connectivity index (χ3n) is 2.84. The molecule has 0 saturated carbocycles. The molecular weight excluding hydrogens is 328 g/mol. The van der Waals surface area contributed by atoms with E-state index in [0.717, 1.165) is 22.7 Å². The van der Waals surface area contributed by atoms with Gasteiger partial charge in [0, 0.05) is 0 Å². The zero-order chi connectivity index (χ0) is 15.7. The van der Waals surface area contributed by atoms with Crippen LogP contribution in [0.5, 0.6) is 0 Å². The molecule has 3 heterocycles. The fourth-order valence-corrected chi connectivity index (χ4v) is 2.82. The molecule has 3 rings (SSSR count). The number of carbonyl (C=O) groups is 1. The molecule has 6 nitrogen and oxygen atoms in total. The number of carbonyl (C=O) groups excluding carboxylic acids is 1. The minimum atomic E-state index is -0.480. The quantitative estimate of drug-likeness (QED) is 0.668. The van der Waals surface area contributed by atoms with Crippen molar-refractivity contribution in [1.82, 2.24) is 10.2 Å². The van der Waals surface area contributed by atoms with Crippen molar-refractivity contribution < 1.29 is 18.4 Å². The van der Waals surface area contributed by atoms with Crippen molar-refractivity contribution in [3.63, 3.8) is 0 Å². The second-order valence-corrected chi connectivity index (χ2v) is 6.22. The Labute approximate surface area is 134 Å². The fourth-order valence-electron chi connectivity index (χ4n) is 1.89. The SMILES string of the molecule is Cc1cc(-c2nnc(COC(=O)c3ccc(Cl)s3)o2)c(C)o1. The van der Waals surface area contributed by atoms with Crippen molar-refractivity contribution in [1.29, 1.82) is 0 Å². The maximum Gasteiger partial charge on any atom is 0.348 e. The highest BCUT2D eigenvalue weighted by Crippen LogP contribution is 2.26. The molecule has 0 aromatic carbocycles. The van der Waals surface area contributed by atoms with Crippen molar-refractivity contribution in [3.8, 4) is 11.5 Å². The molecule has 0 aliphatic heterocycles. The molecule has 0 amide bonds. The first-order valence-corrected chi connectivity index (χ1v) is 7.54. The van der Waals surface area contributed by atoms with E-state index in [9.17, 15) is 4.79 Å². The van der Waals surface area contributed by atoms with Gasteiger partial charge in [0.1, 0.15) is 16.4 Å². The van der Waals surface area contributed by atoms with E-state index >= 15 is 0 Å². The molecule has 0 spiro atoms. The molecule has 0 N–H and O–H groups in total. The summed E-state index contributed by atoms with van der Waals surface area (Å²) in [6.07, 6.45) is 0. The van der Waals surface area contributed by atoms with E-state index in [1.54, 1.807) is 12.1 Å². The number of furan rings is 1. The van der Waals surface area contributed by atoms with Crippen molar-refractivity contribution in [2.24, 2.45) is 0 Å². The van der Waals surface area contributed by atoms with Crippen LogP contribution in [0.2, 0.25) is 4.34 Å².